The van der Waals surface area contributed by atoms with Gasteiger partial charge < -0.3 is 10.1 Å². The molecule has 1 N–H and O–H groups in total. The Morgan fingerprint density at radius 2 is 2.16 bits per heavy atom. The second-order valence-corrected chi connectivity index (χ2v) is 7.09. The van der Waals surface area contributed by atoms with Crippen molar-refractivity contribution in [2.24, 2.45) is 7.05 Å². The second-order valence-electron chi connectivity index (χ2n) is 5.74. The highest BCUT2D eigenvalue weighted by Gasteiger charge is 2.13. The summed E-state index contributed by atoms with van der Waals surface area (Å²) in [6.07, 6.45) is 1.65. The number of ether oxygens (including phenoxy) is 1. The van der Waals surface area contributed by atoms with Gasteiger partial charge in [0.2, 0.25) is 0 Å². The molecule has 130 valence electrons. The highest BCUT2D eigenvalue weighted by atomic mass is 35.5. The van der Waals surface area contributed by atoms with E-state index >= 15 is 0 Å². The molecule has 0 atom stereocenters. The normalized spacial score (nSPS) is 10.7. The summed E-state index contributed by atoms with van der Waals surface area (Å²) in [5.41, 5.74) is 3.56. The zero-order valence-corrected chi connectivity index (χ0v) is 15.7. The molecule has 3 rings (SSSR count). The van der Waals surface area contributed by atoms with E-state index in [0.29, 0.717) is 16.5 Å². The van der Waals surface area contributed by atoms with E-state index in [1.54, 1.807) is 16.9 Å². The minimum atomic E-state index is -0.143. The van der Waals surface area contributed by atoms with Crippen molar-refractivity contribution in [1.29, 1.82) is 0 Å². The Bertz CT molecular complexity index is 917. The number of rotatable bonds is 5. The lowest BCUT2D eigenvalue weighted by atomic mass is 10.2. The molecule has 5 nitrogen and oxygen atoms in total. The fourth-order valence-electron chi connectivity index (χ4n) is 2.31. The fourth-order valence-corrected chi connectivity index (χ4v) is 3.33. The number of hydrogen-bond acceptors (Lipinski definition) is 4. The van der Waals surface area contributed by atoms with Gasteiger partial charge in [0.25, 0.3) is 5.91 Å². The van der Waals surface area contributed by atoms with Crippen LogP contribution in [0, 0.1) is 13.8 Å². The van der Waals surface area contributed by atoms with Gasteiger partial charge in [0.05, 0.1) is 22.5 Å². The van der Waals surface area contributed by atoms with Crippen LogP contribution in [0.2, 0.25) is 5.02 Å². The average Bonchev–Trinajstić information content (AvgIpc) is 3.16. The smallest absolute Gasteiger partial charge is 0.265 e. The molecule has 2 heterocycles. The molecule has 3 aromatic rings. The van der Waals surface area contributed by atoms with Gasteiger partial charge in [-0.2, -0.15) is 5.10 Å². The van der Waals surface area contributed by atoms with Gasteiger partial charge in [0.15, 0.2) is 0 Å². The molecule has 0 bridgehead atoms. The Morgan fingerprint density at radius 1 is 1.36 bits per heavy atom. The lowest BCUT2D eigenvalue weighted by molar-refractivity contribution is 0.103. The molecule has 0 unspecified atom stereocenters. The van der Waals surface area contributed by atoms with Crippen molar-refractivity contribution in [1.82, 2.24) is 9.78 Å². The van der Waals surface area contributed by atoms with Gasteiger partial charge in [-0.3, -0.25) is 9.48 Å². The third-order valence-corrected chi connectivity index (χ3v) is 5.11. The van der Waals surface area contributed by atoms with Gasteiger partial charge in [-0.15, -0.1) is 11.3 Å². The minimum Gasteiger partial charge on any atom is -0.489 e. The summed E-state index contributed by atoms with van der Waals surface area (Å²) in [6.45, 7) is 4.26. The van der Waals surface area contributed by atoms with E-state index in [0.717, 1.165) is 28.3 Å². The Labute approximate surface area is 155 Å². The van der Waals surface area contributed by atoms with E-state index in [1.165, 1.54) is 11.3 Å². The van der Waals surface area contributed by atoms with Gasteiger partial charge in [0.1, 0.15) is 12.4 Å². The first-order valence-electron chi connectivity index (χ1n) is 7.70. The van der Waals surface area contributed by atoms with Gasteiger partial charge >= 0.3 is 0 Å². The highest BCUT2D eigenvalue weighted by Crippen LogP contribution is 2.24. The maximum atomic E-state index is 12.4. The van der Waals surface area contributed by atoms with E-state index in [-0.39, 0.29) is 5.91 Å². The number of halogens is 1. The molecule has 0 radical (unpaired) electrons. The van der Waals surface area contributed by atoms with Crippen LogP contribution >= 0.6 is 22.9 Å². The largest absolute Gasteiger partial charge is 0.489 e. The molecule has 0 saturated heterocycles. The van der Waals surface area contributed by atoms with Gasteiger partial charge in [-0.05, 0) is 49.1 Å². The number of carbonyl (C=O) groups is 1. The van der Waals surface area contributed by atoms with Gasteiger partial charge in [-0.1, -0.05) is 11.6 Å². The zero-order valence-electron chi connectivity index (χ0n) is 14.2. The van der Waals surface area contributed by atoms with E-state index in [2.05, 4.69) is 10.4 Å². The molecule has 0 fully saturated rings. The molecule has 0 spiro atoms. The maximum Gasteiger partial charge on any atom is 0.265 e. The summed E-state index contributed by atoms with van der Waals surface area (Å²) in [5, 5.41) is 9.62. The molecule has 7 heteroatoms. The second kappa shape index (κ2) is 7.29. The van der Waals surface area contributed by atoms with Crippen LogP contribution in [0.5, 0.6) is 5.75 Å². The first-order chi connectivity index (χ1) is 11.9. The average molecular weight is 376 g/mol. The molecular formula is C18H18ClN3O2S. The number of nitrogens with zero attached hydrogens (tertiary/aromatic N) is 2. The Morgan fingerprint density at radius 3 is 2.84 bits per heavy atom. The predicted octanol–water partition coefficient (Wildman–Crippen LogP) is 4.58. The summed E-state index contributed by atoms with van der Waals surface area (Å²) < 4.78 is 7.53. The first-order valence-corrected chi connectivity index (χ1v) is 8.96. The van der Waals surface area contributed by atoms with Crippen LogP contribution in [-0.2, 0) is 13.7 Å². The Balaban J connectivity index is 1.63. The van der Waals surface area contributed by atoms with Crippen LogP contribution in [0.25, 0.3) is 0 Å². The van der Waals surface area contributed by atoms with Crippen molar-refractivity contribution in [2.75, 3.05) is 5.32 Å². The third kappa shape index (κ3) is 4.03. The summed E-state index contributed by atoms with van der Waals surface area (Å²) in [4.78, 5) is 13.0. The molecule has 0 aliphatic carbocycles. The number of amides is 1. The van der Waals surface area contributed by atoms with Gasteiger partial charge in [-0.25, -0.2) is 0 Å². The van der Waals surface area contributed by atoms with Crippen LogP contribution in [0.15, 0.2) is 35.8 Å². The molecule has 1 aromatic carbocycles. The van der Waals surface area contributed by atoms with Crippen LogP contribution in [0.1, 0.15) is 26.5 Å². The number of thiophene rings is 1. The van der Waals surface area contributed by atoms with E-state index in [4.69, 9.17) is 16.3 Å². The lowest BCUT2D eigenvalue weighted by Gasteiger charge is -2.08. The third-order valence-electron chi connectivity index (χ3n) is 3.89. The number of anilines is 1. The standard InChI is InChI=1S/C18H18ClN3O2S/c1-11-6-14(19)4-5-16(11)24-9-13-7-17(25-10-13)18(23)21-15-8-20-22(3)12(15)2/h4-8,10H,9H2,1-3H3,(H,21,23). The molecule has 1 amide bonds. The van der Waals surface area contributed by atoms with E-state index in [1.807, 2.05) is 44.5 Å². The summed E-state index contributed by atoms with van der Waals surface area (Å²) in [6, 6.07) is 7.35. The molecular weight excluding hydrogens is 358 g/mol. The molecule has 25 heavy (non-hydrogen) atoms. The topological polar surface area (TPSA) is 56.1 Å². The van der Waals surface area contributed by atoms with Crippen molar-refractivity contribution >= 4 is 34.5 Å². The number of hydrogen-bond donors (Lipinski definition) is 1. The van der Waals surface area contributed by atoms with Crippen molar-refractivity contribution in [3.05, 3.63) is 62.6 Å². The SMILES string of the molecule is Cc1cc(Cl)ccc1OCc1csc(C(=O)Nc2cnn(C)c2C)c1. The number of benzene rings is 1. The predicted molar refractivity (Wildman–Crippen MR) is 101 cm³/mol. The highest BCUT2D eigenvalue weighted by molar-refractivity contribution is 7.12. The first kappa shape index (κ1) is 17.5. The van der Waals surface area contributed by atoms with Crippen molar-refractivity contribution in [2.45, 2.75) is 20.5 Å². The zero-order chi connectivity index (χ0) is 18.0. The van der Waals surface area contributed by atoms with Crippen molar-refractivity contribution in [3.63, 3.8) is 0 Å². The summed E-state index contributed by atoms with van der Waals surface area (Å²) in [5.74, 6) is 0.641. The van der Waals surface area contributed by atoms with Crippen LogP contribution in [-0.4, -0.2) is 15.7 Å². The Kier molecular flexibility index (Phi) is 5.11. The van der Waals surface area contributed by atoms with Crippen molar-refractivity contribution < 1.29 is 9.53 Å². The number of aromatic nitrogens is 2. The van der Waals surface area contributed by atoms with Gasteiger partial charge in [0, 0.05) is 17.6 Å². The van der Waals surface area contributed by atoms with E-state index < -0.39 is 0 Å². The summed E-state index contributed by atoms with van der Waals surface area (Å²) in [7, 11) is 1.84. The van der Waals surface area contributed by atoms with Crippen LogP contribution in [0.3, 0.4) is 0 Å². The maximum absolute atomic E-state index is 12.4. The molecule has 0 aliphatic rings. The van der Waals surface area contributed by atoms with Crippen LogP contribution in [0.4, 0.5) is 5.69 Å². The minimum absolute atomic E-state index is 0.143. The molecule has 0 aliphatic heterocycles. The van der Waals surface area contributed by atoms with E-state index in [9.17, 15) is 4.79 Å². The molecule has 0 saturated carbocycles. The summed E-state index contributed by atoms with van der Waals surface area (Å²) >= 11 is 7.34. The number of carbonyl (C=O) groups excluding carboxylic acids is 1. The molecule has 2 aromatic heterocycles. The number of aryl methyl sites for hydroxylation is 2. The monoisotopic (exact) mass is 375 g/mol. The number of nitrogens with one attached hydrogen (secondary N) is 1. The fraction of sp³-hybridized carbons (Fsp3) is 0.222. The van der Waals surface area contributed by atoms with Crippen LogP contribution < -0.4 is 10.1 Å². The lowest BCUT2D eigenvalue weighted by Crippen LogP contribution is -2.11. The van der Waals surface area contributed by atoms with Crippen molar-refractivity contribution in [3.8, 4) is 5.75 Å². The Hall–Kier alpha value is -2.31. The quantitative estimate of drug-likeness (QED) is 0.709.